The monoisotopic (exact) mass is 468 g/mol. The molecule has 1 aliphatic heterocycles. The molecule has 0 saturated carbocycles. The van der Waals surface area contributed by atoms with Crippen molar-refractivity contribution in [1.29, 1.82) is 0 Å². The molecule has 5 aromatic rings. The van der Waals surface area contributed by atoms with Gasteiger partial charge in [0.2, 0.25) is 0 Å². The van der Waals surface area contributed by atoms with Gasteiger partial charge in [0.15, 0.2) is 0 Å². The van der Waals surface area contributed by atoms with Gasteiger partial charge >= 0.3 is 0 Å². The van der Waals surface area contributed by atoms with E-state index in [0.29, 0.717) is 0 Å². The molecule has 6 rings (SSSR count). The number of aromatic nitrogens is 1. The Balaban J connectivity index is 1.43. The molecule has 0 unspecified atom stereocenters. The summed E-state index contributed by atoms with van der Waals surface area (Å²) in [4.78, 5) is 4.42. The minimum atomic E-state index is 0.894. The first-order chi connectivity index (χ1) is 17.4. The number of hydrogen-bond donors (Lipinski definition) is 0. The molecule has 1 aliphatic rings. The number of furan rings is 1. The summed E-state index contributed by atoms with van der Waals surface area (Å²) in [6.45, 7) is 12.8. The standard InChI is InChI=1S/C33H28N2O/c1-20-13-31(35(5)19-30(20)24-9-7-6-8-10-24)28-17-29-26-12-11-25(27-15-23(4)34-18-22(27)3)16-33(26)36-32(29)14-21(28)2/h6-19H,5H2,1-4H3. The van der Waals surface area contributed by atoms with Gasteiger partial charge in [-0.3, -0.25) is 14.0 Å². The van der Waals surface area contributed by atoms with Gasteiger partial charge in [0, 0.05) is 11.9 Å². The van der Waals surface area contributed by atoms with Gasteiger partial charge in [-0.2, -0.15) is 0 Å². The Morgan fingerprint density at radius 3 is 2.50 bits per heavy atom. The summed E-state index contributed by atoms with van der Waals surface area (Å²) in [6.07, 6.45) is 6.29. The normalized spacial score (nSPS) is 13.9. The number of benzene rings is 3. The van der Waals surface area contributed by atoms with Crippen LogP contribution in [0.2, 0.25) is 0 Å². The van der Waals surface area contributed by atoms with E-state index in [0.717, 1.165) is 55.9 Å². The third-order valence-corrected chi connectivity index (χ3v) is 7.10. The fourth-order valence-corrected chi connectivity index (χ4v) is 5.15. The minimum absolute atomic E-state index is 0.894. The average Bonchev–Trinajstić information content (AvgIpc) is 3.23. The van der Waals surface area contributed by atoms with E-state index in [2.05, 4.69) is 105 Å². The van der Waals surface area contributed by atoms with Crippen LogP contribution in [0.5, 0.6) is 0 Å². The zero-order valence-electron chi connectivity index (χ0n) is 21.1. The molecule has 0 spiro atoms. The molecular weight excluding hydrogens is 440 g/mol. The molecule has 0 N–H and O–H groups in total. The molecule has 3 aromatic carbocycles. The zero-order valence-corrected chi connectivity index (χ0v) is 21.1. The van der Waals surface area contributed by atoms with Crippen molar-refractivity contribution in [3.05, 3.63) is 125 Å². The number of pyridine rings is 1. The molecule has 0 atom stereocenters. The maximum Gasteiger partial charge on any atom is 0.278 e. The van der Waals surface area contributed by atoms with E-state index in [9.17, 15) is 0 Å². The zero-order chi connectivity index (χ0) is 25.0. The summed E-state index contributed by atoms with van der Waals surface area (Å²) in [7, 11) is 0. The lowest BCUT2D eigenvalue weighted by Crippen LogP contribution is -2.17. The highest BCUT2D eigenvalue weighted by molar-refractivity contribution is 6.06. The van der Waals surface area contributed by atoms with Crippen molar-refractivity contribution in [2.24, 2.45) is 0 Å². The second-order valence-electron chi connectivity index (χ2n) is 9.71. The van der Waals surface area contributed by atoms with Gasteiger partial charge < -0.3 is 0 Å². The number of nitrogens with zero attached hydrogens (tertiary/aromatic N) is 2. The first kappa shape index (κ1) is 22.1. The van der Waals surface area contributed by atoms with Gasteiger partial charge in [-0.05, 0) is 76.7 Å². The Hall–Kier alpha value is -4.37. The molecule has 0 aliphatic carbocycles. The number of hydrogen-bond acceptors (Lipinski definition) is 1. The van der Waals surface area contributed by atoms with Crippen molar-refractivity contribution in [3.63, 3.8) is 0 Å². The summed E-state index contributed by atoms with van der Waals surface area (Å²) in [6, 6.07) is 24.6. The SMILES string of the molecule is C=[N+]1C=C(c2ccccc2)C(C)=C[C-]1c1cc2c(cc1C)[o+][c-]1cc(-c3cc(C)ncc3C)ccc21. The van der Waals surface area contributed by atoms with Crippen LogP contribution in [-0.4, -0.2) is 16.3 Å². The molecule has 36 heavy (non-hydrogen) atoms. The fraction of sp³-hybridized carbons (Fsp3) is 0.121. The molecule has 3 nitrogen and oxygen atoms in total. The predicted molar refractivity (Wildman–Crippen MR) is 149 cm³/mol. The van der Waals surface area contributed by atoms with Crippen LogP contribution in [0.15, 0.2) is 95.2 Å². The first-order valence-electron chi connectivity index (χ1n) is 12.2. The Labute approximate surface area is 211 Å². The van der Waals surface area contributed by atoms with Gasteiger partial charge in [0.25, 0.3) is 11.2 Å². The quantitative estimate of drug-likeness (QED) is 0.152. The summed E-state index contributed by atoms with van der Waals surface area (Å²) < 4.78 is 8.33. The summed E-state index contributed by atoms with van der Waals surface area (Å²) >= 11 is 0. The lowest BCUT2D eigenvalue weighted by atomic mass is 9.90. The molecule has 0 amide bonds. The summed E-state index contributed by atoms with van der Waals surface area (Å²) in [5.74, 6) is 0. The molecule has 0 saturated heterocycles. The van der Waals surface area contributed by atoms with Gasteiger partial charge in [-0.25, -0.2) is 0 Å². The maximum atomic E-state index is 6.35. The van der Waals surface area contributed by atoms with Crippen molar-refractivity contribution < 1.29 is 8.99 Å². The number of allylic oxidation sites excluding steroid dienone is 2. The van der Waals surface area contributed by atoms with Crippen molar-refractivity contribution in [2.75, 3.05) is 0 Å². The third-order valence-electron chi connectivity index (χ3n) is 7.10. The second-order valence-corrected chi connectivity index (χ2v) is 9.71. The third kappa shape index (κ3) is 3.64. The first-order valence-corrected chi connectivity index (χ1v) is 12.2. The van der Waals surface area contributed by atoms with Crippen LogP contribution in [-0.2, 0) is 0 Å². The Bertz CT molecular complexity index is 1730. The molecule has 3 heterocycles. The van der Waals surface area contributed by atoms with E-state index >= 15 is 0 Å². The number of fused-ring (bicyclic) bond motifs is 3. The molecule has 0 fully saturated rings. The van der Waals surface area contributed by atoms with Gasteiger partial charge in [-0.15, -0.1) is 18.2 Å². The van der Waals surface area contributed by atoms with Crippen LogP contribution in [0.4, 0.5) is 0 Å². The van der Waals surface area contributed by atoms with E-state index in [1.54, 1.807) is 0 Å². The Morgan fingerprint density at radius 1 is 0.889 bits per heavy atom. The van der Waals surface area contributed by atoms with Crippen LogP contribution < -0.4 is 0 Å². The Kier molecular flexibility index (Phi) is 5.15. The van der Waals surface area contributed by atoms with Crippen LogP contribution in [0, 0.1) is 26.8 Å². The fourth-order valence-electron chi connectivity index (χ4n) is 5.15. The van der Waals surface area contributed by atoms with Gasteiger partial charge in [0.05, 0.1) is 6.72 Å². The van der Waals surface area contributed by atoms with Gasteiger partial charge in [0.1, 0.15) is 12.2 Å². The van der Waals surface area contributed by atoms with Crippen LogP contribution >= 0.6 is 0 Å². The van der Waals surface area contributed by atoms with Crippen molar-refractivity contribution in [1.82, 2.24) is 4.98 Å². The van der Waals surface area contributed by atoms with Crippen LogP contribution in [0.1, 0.15) is 34.9 Å². The molecule has 0 bridgehead atoms. The molecule has 3 heteroatoms. The number of rotatable bonds is 3. The van der Waals surface area contributed by atoms with E-state index < -0.39 is 0 Å². The highest BCUT2D eigenvalue weighted by Gasteiger charge is 2.23. The van der Waals surface area contributed by atoms with Crippen molar-refractivity contribution in [2.45, 2.75) is 27.7 Å². The van der Waals surface area contributed by atoms with Crippen LogP contribution in [0.25, 0.3) is 38.6 Å². The second kappa shape index (κ2) is 8.39. The highest BCUT2D eigenvalue weighted by Crippen LogP contribution is 2.38. The van der Waals surface area contributed by atoms with E-state index in [4.69, 9.17) is 4.42 Å². The molecule has 2 aromatic heterocycles. The predicted octanol–water partition coefficient (Wildman–Crippen LogP) is 8.17. The summed E-state index contributed by atoms with van der Waals surface area (Å²) in [5.41, 5.74) is 12.2. The van der Waals surface area contributed by atoms with E-state index in [1.165, 1.54) is 22.3 Å². The smallest absolute Gasteiger partial charge is 0.278 e. The van der Waals surface area contributed by atoms with E-state index in [-0.39, 0.29) is 0 Å². The molecular formula is C33H28N2O. The lowest BCUT2D eigenvalue weighted by Gasteiger charge is -2.24. The maximum absolute atomic E-state index is 6.35. The molecule has 0 radical (unpaired) electrons. The molecule has 176 valence electrons. The Morgan fingerprint density at radius 2 is 1.69 bits per heavy atom. The topological polar surface area (TPSA) is 27.2 Å². The largest absolute Gasteiger partial charge is 0.287 e. The van der Waals surface area contributed by atoms with Crippen LogP contribution in [0.3, 0.4) is 0 Å². The summed E-state index contributed by atoms with van der Waals surface area (Å²) in [5, 5.41) is 2.23. The lowest BCUT2D eigenvalue weighted by molar-refractivity contribution is -0.416. The van der Waals surface area contributed by atoms with E-state index in [1.807, 2.05) is 23.8 Å². The highest BCUT2D eigenvalue weighted by atomic mass is 16.3. The van der Waals surface area contributed by atoms with Crippen molar-refractivity contribution >= 4 is 34.2 Å². The van der Waals surface area contributed by atoms with Crippen molar-refractivity contribution in [3.8, 4) is 11.1 Å². The average molecular weight is 469 g/mol. The minimum Gasteiger partial charge on any atom is -0.287 e. The van der Waals surface area contributed by atoms with Gasteiger partial charge in [-0.1, -0.05) is 60.9 Å². The number of aryl methyl sites for hydroxylation is 3.